The van der Waals surface area contributed by atoms with E-state index in [1.54, 1.807) is 0 Å². The first-order valence-electron chi connectivity index (χ1n) is 5.22. The highest BCUT2D eigenvalue weighted by Gasteiger charge is 2.33. The number of hydrogen-bond acceptors (Lipinski definition) is 1. The number of rotatable bonds is 3. The molecule has 0 bridgehead atoms. The molecule has 0 unspecified atom stereocenters. The van der Waals surface area contributed by atoms with Crippen molar-refractivity contribution < 1.29 is 4.79 Å². The summed E-state index contributed by atoms with van der Waals surface area (Å²) in [4.78, 5) is 11.9. The van der Waals surface area contributed by atoms with Gasteiger partial charge in [0.1, 0.15) is 5.78 Å². The monoisotopic (exact) mass is 180 g/mol. The minimum atomic E-state index is -0.0306. The van der Waals surface area contributed by atoms with Crippen molar-refractivity contribution in [2.75, 3.05) is 0 Å². The maximum atomic E-state index is 11.9. The largest absolute Gasteiger partial charge is 0.299 e. The van der Waals surface area contributed by atoms with E-state index in [-0.39, 0.29) is 5.41 Å². The van der Waals surface area contributed by atoms with Gasteiger partial charge in [0.05, 0.1) is 0 Å². The summed E-state index contributed by atoms with van der Waals surface area (Å²) in [6, 6.07) is 0. The van der Waals surface area contributed by atoms with E-state index in [0.717, 1.165) is 18.4 Å². The van der Waals surface area contributed by atoms with Crippen LogP contribution in [-0.4, -0.2) is 5.78 Å². The molecule has 0 heterocycles. The first-order chi connectivity index (χ1) is 6.04. The van der Waals surface area contributed by atoms with E-state index in [4.69, 9.17) is 0 Å². The molecule has 1 aliphatic rings. The van der Waals surface area contributed by atoms with Gasteiger partial charge in [-0.2, -0.15) is 0 Å². The second kappa shape index (κ2) is 4.08. The Morgan fingerprint density at radius 1 is 1.31 bits per heavy atom. The van der Waals surface area contributed by atoms with Gasteiger partial charge < -0.3 is 0 Å². The summed E-state index contributed by atoms with van der Waals surface area (Å²) in [6.07, 6.45) is 6.49. The Morgan fingerprint density at radius 2 is 1.85 bits per heavy atom. The molecule has 74 valence electrons. The normalized spacial score (nSPS) is 21.1. The Kier molecular flexibility index (Phi) is 3.29. The maximum absolute atomic E-state index is 11.9. The van der Waals surface area contributed by atoms with Crippen molar-refractivity contribution >= 4 is 5.78 Å². The van der Waals surface area contributed by atoms with Crippen molar-refractivity contribution in [3.05, 3.63) is 12.2 Å². The van der Waals surface area contributed by atoms with Gasteiger partial charge in [0.15, 0.2) is 0 Å². The fourth-order valence-electron chi connectivity index (χ4n) is 2.10. The predicted molar refractivity (Wildman–Crippen MR) is 55.6 cm³/mol. The average molecular weight is 180 g/mol. The van der Waals surface area contributed by atoms with Gasteiger partial charge in [-0.05, 0) is 19.8 Å². The molecule has 0 radical (unpaired) electrons. The molecule has 1 heteroatoms. The van der Waals surface area contributed by atoms with Gasteiger partial charge >= 0.3 is 0 Å². The van der Waals surface area contributed by atoms with Crippen LogP contribution in [0.2, 0.25) is 0 Å². The molecule has 1 fully saturated rings. The minimum absolute atomic E-state index is 0.0306. The second-order valence-corrected chi connectivity index (χ2v) is 4.68. The zero-order valence-electron chi connectivity index (χ0n) is 8.86. The van der Waals surface area contributed by atoms with Crippen molar-refractivity contribution in [3.8, 4) is 0 Å². The van der Waals surface area contributed by atoms with Crippen molar-refractivity contribution in [2.24, 2.45) is 5.41 Å². The Labute approximate surface area is 81.2 Å². The molecule has 1 rings (SSSR count). The van der Waals surface area contributed by atoms with E-state index in [2.05, 4.69) is 13.5 Å². The number of carbonyl (C=O) groups excluding carboxylic acids is 1. The number of hydrogen-bond donors (Lipinski definition) is 0. The summed E-state index contributed by atoms with van der Waals surface area (Å²) < 4.78 is 0. The van der Waals surface area contributed by atoms with Gasteiger partial charge in [-0.3, -0.25) is 4.79 Å². The van der Waals surface area contributed by atoms with Gasteiger partial charge in [-0.25, -0.2) is 0 Å². The number of carbonyl (C=O) groups is 1. The van der Waals surface area contributed by atoms with Crippen LogP contribution in [0.5, 0.6) is 0 Å². The maximum Gasteiger partial charge on any atom is 0.142 e. The molecule has 0 N–H and O–H groups in total. The van der Waals surface area contributed by atoms with Crippen molar-refractivity contribution in [3.63, 3.8) is 0 Å². The van der Waals surface area contributed by atoms with Crippen LogP contribution in [0, 0.1) is 5.41 Å². The quantitative estimate of drug-likeness (QED) is 0.607. The Morgan fingerprint density at radius 3 is 2.31 bits per heavy atom. The first-order valence-corrected chi connectivity index (χ1v) is 5.22. The molecule has 0 saturated heterocycles. The zero-order chi connectivity index (χ0) is 9.90. The lowest BCUT2D eigenvalue weighted by molar-refractivity contribution is -0.128. The minimum Gasteiger partial charge on any atom is -0.299 e. The molecule has 1 saturated carbocycles. The highest BCUT2D eigenvalue weighted by atomic mass is 16.1. The van der Waals surface area contributed by atoms with Crippen LogP contribution in [0.4, 0.5) is 0 Å². The van der Waals surface area contributed by atoms with Crippen molar-refractivity contribution in [2.45, 2.75) is 52.4 Å². The van der Waals surface area contributed by atoms with E-state index in [9.17, 15) is 4.79 Å². The molecule has 0 aromatic carbocycles. The molecule has 0 aliphatic heterocycles. The number of ketones is 1. The number of allylic oxidation sites excluding steroid dienone is 1. The second-order valence-electron chi connectivity index (χ2n) is 4.68. The average Bonchev–Trinajstić information content (AvgIpc) is 2.04. The molecular weight excluding hydrogens is 160 g/mol. The van der Waals surface area contributed by atoms with Crippen LogP contribution in [0.15, 0.2) is 12.2 Å². The standard InChI is InChI=1S/C12H20O/c1-10(2)9-11(13)12(3)7-5-4-6-8-12/h1,4-9H2,2-3H3. The SMILES string of the molecule is C=C(C)CC(=O)C1(C)CCCCC1. The van der Waals surface area contributed by atoms with Gasteiger partial charge in [-0.1, -0.05) is 38.3 Å². The first kappa shape index (κ1) is 10.5. The summed E-state index contributed by atoms with van der Waals surface area (Å²) in [5, 5.41) is 0. The lowest BCUT2D eigenvalue weighted by Gasteiger charge is -2.32. The molecule has 0 aromatic heterocycles. The molecule has 0 atom stereocenters. The van der Waals surface area contributed by atoms with E-state index in [1.165, 1.54) is 19.3 Å². The lowest BCUT2D eigenvalue weighted by atomic mass is 9.71. The van der Waals surface area contributed by atoms with E-state index in [0.29, 0.717) is 12.2 Å². The van der Waals surface area contributed by atoms with Crippen LogP contribution in [0.1, 0.15) is 52.4 Å². The van der Waals surface area contributed by atoms with E-state index in [1.807, 2.05) is 6.92 Å². The smallest absolute Gasteiger partial charge is 0.142 e. The van der Waals surface area contributed by atoms with E-state index >= 15 is 0 Å². The summed E-state index contributed by atoms with van der Waals surface area (Å²) in [7, 11) is 0. The lowest BCUT2D eigenvalue weighted by Crippen LogP contribution is -2.30. The Hall–Kier alpha value is -0.590. The van der Waals surface area contributed by atoms with Crippen LogP contribution >= 0.6 is 0 Å². The summed E-state index contributed by atoms with van der Waals surface area (Å²) in [5.41, 5.74) is 0.966. The van der Waals surface area contributed by atoms with Crippen LogP contribution < -0.4 is 0 Å². The predicted octanol–water partition coefficient (Wildman–Crippen LogP) is 3.49. The molecular formula is C12H20O. The summed E-state index contributed by atoms with van der Waals surface area (Å²) >= 11 is 0. The van der Waals surface area contributed by atoms with Gasteiger partial charge in [-0.15, -0.1) is 0 Å². The molecule has 13 heavy (non-hydrogen) atoms. The highest BCUT2D eigenvalue weighted by Crippen LogP contribution is 2.37. The third-order valence-corrected chi connectivity index (χ3v) is 3.09. The van der Waals surface area contributed by atoms with Crippen LogP contribution in [-0.2, 0) is 4.79 Å². The fraction of sp³-hybridized carbons (Fsp3) is 0.750. The molecule has 0 spiro atoms. The van der Waals surface area contributed by atoms with Crippen LogP contribution in [0.25, 0.3) is 0 Å². The summed E-state index contributed by atoms with van der Waals surface area (Å²) in [5.74, 6) is 0.403. The number of Topliss-reactive ketones (excluding diaryl/α,β-unsaturated/α-hetero) is 1. The molecule has 0 amide bonds. The fourth-order valence-corrected chi connectivity index (χ4v) is 2.10. The third kappa shape index (κ3) is 2.68. The highest BCUT2D eigenvalue weighted by molar-refractivity contribution is 5.86. The zero-order valence-corrected chi connectivity index (χ0v) is 8.86. The van der Waals surface area contributed by atoms with Crippen LogP contribution in [0.3, 0.4) is 0 Å². The Balaban J connectivity index is 2.56. The van der Waals surface area contributed by atoms with Crippen molar-refractivity contribution in [1.29, 1.82) is 0 Å². The summed E-state index contributed by atoms with van der Waals surface area (Å²) in [6.45, 7) is 7.86. The third-order valence-electron chi connectivity index (χ3n) is 3.09. The Bertz CT molecular complexity index is 209. The molecule has 1 aliphatic carbocycles. The molecule has 1 nitrogen and oxygen atoms in total. The van der Waals surface area contributed by atoms with Crippen molar-refractivity contribution in [1.82, 2.24) is 0 Å². The molecule has 0 aromatic rings. The van der Waals surface area contributed by atoms with Gasteiger partial charge in [0.25, 0.3) is 0 Å². The van der Waals surface area contributed by atoms with Gasteiger partial charge in [0.2, 0.25) is 0 Å². The van der Waals surface area contributed by atoms with E-state index < -0.39 is 0 Å². The van der Waals surface area contributed by atoms with Gasteiger partial charge in [0, 0.05) is 11.8 Å². The topological polar surface area (TPSA) is 17.1 Å².